The lowest BCUT2D eigenvalue weighted by Gasteiger charge is -2.50. The highest BCUT2D eigenvalue weighted by molar-refractivity contribution is 6.31. The Hall–Kier alpha value is -5.19. The van der Waals surface area contributed by atoms with Crippen LogP contribution in [0.5, 0.6) is 11.5 Å². The van der Waals surface area contributed by atoms with E-state index >= 15 is 4.79 Å². The van der Waals surface area contributed by atoms with Gasteiger partial charge in [0.1, 0.15) is 5.82 Å². The van der Waals surface area contributed by atoms with E-state index in [1.807, 2.05) is 6.08 Å². The summed E-state index contributed by atoms with van der Waals surface area (Å²) in [7, 11) is 1.41. The van der Waals surface area contributed by atoms with Crippen molar-refractivity contribution in [3.63, 3.8) is 0 Å². The number of fused-ring (bicyclic) bond motifs is 4. The fourth-order valence-electron chi connectivity index (χ4n) is 8.78. The van der Waals surface area contributed by atoms with Crippen molar-refractivity contribution >= 4 is 58.2 Å². The van der Waals surface area contributed by atoms with E-state index in [0.717, 1.165) is 5.01 Å². The molecular weight excluding hydrogens is 696 g/mol. The van der Waals surface area contributed by atoms with Crippen molar-refractivity contribution in [1.29, 1.82) is 0 Å². The lowest BCUT2D eigenvalue weighted by Crippen LogP contribution is -2.53. The van der Waals surface area contributed by atoms with Crippen LogP contribution in [0.2, 0.25) is 10.0 Å². The van der Waals surface area contributed by atoms with Gasteiger partial charge in [0.2, 0.25) is 11.8 Å². The van der Waals surface area contributed by atoms with Crippen LogP contribution in [0.3, 0.4) is 0 Å². The first-order valence-electron chi connectivity index (χ1n) is 16.4. The molecule has 8 rings (SSSR count). The predicted molar refractivity (Wildman–Crippen MR) is 188 cm³/mol. The van der Waals surface area contributed by atoms with Crippen molar-refractivity contribution in [2.75, 3.05) is 17.4 Å². The SMILES string of the molecule is COc1cccc(C2C3=CCC4C(=O)N(c5ccc(Cl)cc5)C(=O)C4C3CC3C(=O)N(Nc4ccc(F)cc4)C(=O)C32c2ccc(Cl)cc2)c1O. The average Bonchev–Trinajstić information content (AvgIpc) is 3.51. The number of hydrogen-bond donors (Lipinski definition) is 2. The Labute approximate surface area is 302 Å². The average molecular weight is 727 g/mol. The maximum Gasteiger partial charge on any atom is 0.260 e. The van der Waals surface area contributed by atoms with Crippen LogP contribution in [0.1, 0.15) is 29.9 Å². The second-order valence-corrected chi connectivity index (χ2v) is 14.1. The number of benzene rings is 4. The molecule has 2 aliphatic heterocycles. The number of carbonyl (C=O) groups excluding carboxylic acids is 4. The number of anilines is 2. The number of nitrogens with zero attached hydrogens (tertiary/aromatic N) is 2. The van der Waals surface area contributed by atoms with Gasteiger partial charge in [0.15, 0.2) is 11.5 Å². The van der Waals surface area contributed by atoms with E-state index in [-0.39, 0.29) is 30.2 Å². The highest BCUT2D eigenvalue weighted by Crippen LogP contribution is 2.65. The third-order valence-electron chi connectivity index (χ3n) is 10.9. The second-order valence-electron chi connectivity index (χ2n) is 13.3. The number of imide groups is 2. The number of nitrogens with one attached hydrogen (secondary N) is 1. The molecule has 258 valence electrons. The largest absolute Gasteiger partial charge is 0.504 e. The molecular formula is C39H30Cl2FN3O6. The van der Waals surface area contributed by atoms with Crippen molar-refractivity contribution < 1.29 is 33.4 Å². The van der Waals surface area contributed by atoms with Gasteiger partial charge in [0.05, 0.1) is 41.7 Å². The minimum absolute atomic E-state index is 0.0521. The molecule has 0 aromatic heterocycles. The zero-order chi connectivity index (χ0) is 35.8. The molecule has 2 aliphatic carbocycles. The number of allylic oxidation sites excluding steroid dienone is 2. The Morgan fingerprint density at radius 2 is 1.51 bits per heavy atom. The number of methoxy groups -OCH3 is 1. The van der Waals surface area contributed by atoms with Crippen LogP contribution in [-0.4, -0.2) is 40.9 Å². The summed E-state index contributed by atoms with van der Waals surface area (Å²) >= 11 is 12.5. The molecule has 0 spiro atoms. The maximum absolute atomic E-state index is 15.2. The molecule has 2 saturated heterocycles. The van der Waals surface area contributed by atoms with Crippen molar-refractivity contribution in [2.24, 2.45) is 23.7 Å². The van der Waals surface area contributed by atoms with Gasteiger partial charge >= 0.3 is 0 Å². The van der Waals surface area contributed by atoms with Crippen LogP contribution in [0.15, 0.2) is 103 Å². The lowest BCUT2D eigenvalue weighted by atomic mass is 9.49. The van der Waals surface area contributed by atoms with E-state index in [1.54, 1.807) is 66.7 Å². The predicted octanol–water partition coefficient (Wildman–Crippen LogP) is 7.04. The number of ether oxygens (including phenoxy) is 1. The third kappa shape index (κ3) is 4.87. The van der Waals surface area contributed by atoms with Crippen molar-refractivity contribution in [3.05, 3.63) is 130 Å². The molecule has 4 aromatic carbocycles. The number of rotatable bonds is 6. The minimum Gasteiger partial charge on any atom is -0.504 e. The van der Waals surface area contributed by atoms with E-state index in [9.17, 15) is 23.9 Å². The van der Waals surface area contributed by atoms with Gasteiger partial charge in [-0.25, -0.2) is 4.39 Å². The number of carbonyl (C=O) groups is 4. The Morgan fingerprint density at radius 1 is 0.843 bits per heavy atom. The molecule has 2 heterocycles. The number of phenols is 1. The molecule has 4 aliphatic rings. The Morgan fingerprint density at radius 3 is 2.18 bits per heavy atom. The molecule has 3 fully saturated rings. The first-order valence-corrected chi connectivity index (χ1v) is 17.2. The summed E-state index contributed by atoms with van der Waals surface area (Å²) in [5.41, 5.74) is 3.41. The van der Waals surface area contributed by atoms with E-state index in [2.05, 4.69) is 5.43 Å². The topological polar surface area (TPSA) is 116 Å². The molecule has 6 atom stereocenters. The fourth-order valence-corrected chi connectivity index (χ4v) is 9.03. The van der Waals surface area contributed by atoms with Crippen molar-refractivity contribution in [2.45, 2.75) is 24.2 Å². The highest BCUT2D eigenvalue weighted by Gasteiger charge is 2.70. The van der Waals surface area contributed by atoms with Gasteiger partial charge in [-0.05, 0) is 91.1 Å². The summed E-state index contributed by atoms with van der Waals surface area (Å²) in [6.45, 7) is 0. The zero-order valence-electron chi connectivity index (χ0n) is 27.1. The summed E-state index contributed by atoms with van der Waals surface area (Å²) in [4.78, 5) is 59.5. The monoisotopic (exact) mass is 725 g/mol. The summed E-state index contributed by atoms with van der Waals surface area (Å²) in [6, 6.07) is 23.3. The molecule has 12 heteroatoms. The van der Waals surface area contributed by atoms with Gasteiger partial charge in [0, 0.05) is 21.5 Å². The summed E-state index contributed by atoms with van der Waals surface area (Å²) in [5, 5.41) is 13.6. The molecule has 51 heavy (non-hydrogen) atoms. The summed E-state index contributed by atoms with van der Waals surface area (Å²) in [5.74, 6) is -6.74. The molecule has 0 bridgehead atoms. The molecule has 4 amide bonds. The number of hydrogen-bond acceptors (Lipinski definition) is 7. The minimum atomic E-state index is -1.64. The first-order chi connectivity index (χ1) is 24.6. The Balaban J connectivity index is 1.34. The van der Waals surface area contributed by atoms with Gasteiger partial charge in [-0.1, -0.05) is 59.1 Å². The van der Waals surface area contributed by atoms with E-state index in [4.69, 9.17) is 27.9 Å². The molecule has 6 unspecified atom stereocenters. The third-order valence-corrected chi connectivity index (χ3v) is 11.4. The van der Waals surface area contributed by atoms with Crippen LogP contribution in [-0.2, 0) is 24.6 Å². The van der Waals surface area contributed by atoms with E-state index in [1.165, 1.54) is 36.3 Å². The Kier molecular flexibility index (Phi) is 7.92. The maximum atomic E-state index is 15.2. The van der Waals surface area contributed by atoms with Gasteiger partial charge in [0.25, 0.3) is 11.8 Å². The van der Waals surface area contributed by atoms with E-state index < -0.39 is 58.5 Å². The standard InChI is InChI=1S/C39H30Cl2FN3O6/c1-51-31-4-2-3-28(34(31)46)33-26-17-18-27-32(37(49)44(35(27)47)25-15-9-22(41)10-16-25)29(26)19-30-36(48)45(43-24-13-11-23(42)12-14-24)38(50)39(30,33)20-5-7-21(40)8-6-20/h2-17,27,29-30,32-33,43,46H,18-19H2,1H3. The van der Waals surface area contributed by atoms with Crippen LogP contribution in [0, 0.1) is 29.5 Å². The number of aromatic hydroxyl groups is 1. The van der Waals surface area contributed by atoms with E-state index in [0.29, 0.717) is 38.1 Å². The van der Waals surface area contributed by atoms with Gasteiger partial charge in [-0.2, -0.15) is 5.01 Å². The molecule has 9 nitrogen and oxygen atoms in total. The van der Waals surface area contributed by atoms with Gasteiger partial charge in [-0.3, -0.25) is 29.5 Å². The summed E-state index contributed by atoms with van der Waals surface area (Å²) < 4.78 is 19.4. The van der Waals surface area contributed by atoms with Gasteiger partial charge < -0.3 is 9.84 Å². The number of hydrazine groups is 1. The van der Waals surface area contributed by atoms with Crippen LogP contribution >= 0.6 is 23.2 Å². The Bertz CT molecular complexity index is 2140. The zero-order valence-corrected chi connectivity index (χ0v) is 28.6. The number of amides is 4. The first kappa shape index (κ1) is 33.0. The number of phenolic OH excluding ortho intramolecular Hbond substituents is 1. The molecule has 2 N–H and O–H groups in total. The molecule has 1 saturated carbocycles. The van der Waals surface area contributed by atoms with Crippen LogP contribution < -0.4 is 15.1 Å². The number of halogens is 3. The smallest absolute Gasteiger partial charge is 0.260 e. The lowest BCUT2D eigenvalue weighted by molar-refractivity contribution is -0.138. The number of para-hydroxylation sites is 1. The van der Waals surface area contributed by atoms with Crippen LogP contribution in [0.25, 0.3) is 0 Å². The van der Waals surface area contributed by atoms with Crippen molar-refractivity contribution in [1.82, 2.24) is 5.01 Å². The second kappa shape index (κ2) is 12.2. The van der Waals surface area contributed by atoms with Crippen LogP contribution in [0.4, 0.5) is 15.8 Å². The fraction of sp³-hybridized carbons (Fsp3) is 0.231. The quantitative estimate of drug-likeness (QED) is 0.162. The molecule has 4 aromatic rings. The molecule has 0 radical (unpaired) electrons. The normalized spacial score (nSPS) is 26.8. The van der Waals surface area contributed by atoms with Gasteiger partial charge in [-0.15, -0.1) is 0 Å². The highest BCUT2D eigenvalue weighted by atomic mass is 35.5. The summed E-state index contributed by atoms with van der Waals surface area (Å²) in [6.07, 6.45) is 2.15. The van der Waals surface area contributed by atoms with Crippen molar-refractivity contribution in [3.8, 4) is 11.5 Å².